The highest BCUT2D eigenvalue weighted by molar-refractivity contribution is 6.31. The molecule has 1 aliphatic heterocycles. The van der Waals surface area contributed by atoms with Gasteiger partial charge in [0.2, 0.25) is 11.8 Å². The zero-order chi connectivity index (χ0) is 15.2. The van der Waals surface area contributed by atoms with E-state index in [4.69, 9.17) is 11.6 Å². The molecule has 1 spiro atoms. The van der Waals surface area contributed by atoms with Gasteiger partial charge in [-0.3, -0.25) is 9.59 Å². The van der Waals surface area contributed by atoms with Crippen LogP contribution < -0.4 is 4.90 Å². The molecule has 2 saturated carbocycles. The van der Waals surface area contributed by atoms with Gasteiger partial charge in [0.25, 0.3) is 0 Å². The number of carbonyl (C=O) groups is 2. The number of amides is 2. The number of fused-ring (bicyclic) bond motifs is 3. The van der Waals surface area contributed by atoms with Gasteiger partial charge in [0.15, 0.2) is 0 Å². The van der Waals surface area contributed by atoms with Gasteiger partial charge >= 0.3 is 0 Å². The second-order valence-electron chi connectivity index (χ2n) is 7.16. The standard InChI is InChI=1S/C18H16ClNO2/c1-9-2-3-10(19)8-13(9)20-16(21)14-11-4-5-12(15(14)17(20)22)18(11)6-7-18/h2-5,8,11-12,14-15H,6-7H2,1H3/t11-,12-,14-,15+/m1/s1. The van der Waals surface area contributed by atoms with E-state index in [2.05, 4.69) is 12.2 Å². The zero-order valence-electron chi connectivity index (χ0n) is 12.3. The van der Waals surface area contributed by atoms with E-state index in [9.17, 15) is 9.59 Å². The summed E-state index contributed by atoms with van der Waals surface area (Å²) in [5.74, 6) is 0.186. The summed E-state index contributed by atoms with van der Waals surface area (Å²) in [6.45, 7) is 1.91. The summed E-state index contributed by atoms with van der Waals surface area (Å²) in [5, 5.41) is 0.554. The first-order chi connectivity index (χ1) is 10.5. The first kappa shape index (κ1) is 12.9. The van der Waals surface area contributed by atoms with Crippen molar-refractivity contribution in [2.75, 3.05) is 4.90 Å². The minimum Gasteiger partial charge on any atom is -0.274 e. The second-order valence-corrected chi connectivity index (χ2v) is 7.60. The molecule has 1 aromatic rings. The molecule has 3 fully saturated rings. The molecule has 3 aliphatic carbocycles. The second kappa shape index (κ2) is 3.83. The van der Waals surface area contributed by atoms with Crippen LogP contribution in [0.3, 0.4) is 0 Å². The Morgan fingerprint density at radius 2 is 1.68 bits per heavy atom. The molecule has 0 N–H and O–H groups in total. The van der Waals surface area contributed by atoms with Crippen molar-refractivity contribution in [1.82, 2.24) is 0 Å². The monoisotopic (exact) mass is 313 g/mol. The molecule has 1 saturated heterocycles. The molecule has 22 heavy (non-hydrogen) atoms. The Kier molecular flexibility index (Phi) is 2.24. The SMILES string of the molecule is Cc1ccc(Cl)cc1N1C(=O)[C@@H]2[C@H](C1=O)[C@H]1C=C[C@H]2C12CC2. The summed E-state index contributed by atoms with van der Waals surface area (Å²) in [4.78, 5) is 27.4. The molecule has 3 nitrogen and oxygen atoms in total. The molecule has 1 aromatic carbocycles. The number of benzene rings is 1. The van der Waals surface area contributed by atoms with Crippen molar-refractivity contribution in [1.29, 1.82) is 0 Å². The molecule has 0 unspecified atom stereocenters. The molecule has 4 aliphatic rings. The fourth-order valence-corrected chi connectivity index (χ4v) is 5.31. The molecule has 4 heteroatoms. The van der Waals surface area contributed by atoms with Crippen molar-refractivity contribution in [2.45, 2.75) is 19.8 Å². The summed E-state index contributed by atoms with van der Waals surface area (Å²) < 4.78 is 0. The van der Waals surface area contributed by atoms with E-state index in [0.29, 0.717) is 10.7 Å². The van der Waals surface area contributed by atoms with E-state index >= 15 is 0 Å². The predicted molar refractivity (Wildman–Crippen MR) is 83.4 cm³/mol. The van der Waals surface area contributed by atoms with Crippen LogP contribution in [0, 0.1) is 36.0 Å². The number of halogens is 1. The summed E-state index contributed by atoms with van der Waals surface area (Å²) >= 11 is 6.07. The van der Waals surface area contributed by atoms with Gasteiger partial charge in [-0.15, -0.1) is 0 Å². The number of allylic oxidation sites excluding steroid dienone is 2. The van der Waals surface area contributed by atoms with Crippen LogP contribution in [-0.2, 0) is 9.59 Å². The summed E-state index contributed by atoms with van der Waals surface area (Å²) in [6.07, 6.45) is 6.72. The lowest BCUT2D eigenvalue weighted by Crippen LogP contribution is -2.35. The van der Waals surface area contributed by atoms with Crippen LogP contribution in [0.5, 0.6) is 0 Å². The maximum atomic E-state index is 13.0. The molecule has 2 amide bonds. The number of imide groups is 1. The highest BCUT2D eigenvalue weighted by Crippen LogP contribution is 2.73. The molecule has 1 heterocycles. The number of hydrogen-bond acceptors (Lipinski definition) is 2. The quantitative estimate of drug-likeness (QED) is 0.589. The molecular formula is C18H16ClNO2. The molecule has 2 bridgehead atoms. The Morgan fingerprint density at radius 1 is 1.09 bits per heavy atom. The highest BCUT2D eigenvalue weighted by Gasteiger charge is 2.73. The minimum absolute atomic E-state index is 0.0245. The van der Waals surface area contributed by atoms with E-state index in [-0.39, 0.29) is 40.9 Å². The average molecular weight is 314 g/mol. The number of carbonyl (C=O) groups excluding carboxylic acids is 2. The Balaban J connectivity index is 1.61. The summed E-state index contributed by atoms with van der Waals surface area (Å²) in [7, 11) is 0. The molecule has 5 rings (SSSR count). The predicted octanol–water partition coefficient (Wildman–Crippen LogP) is 3.35. The van der Waals surface area contributed by atoms with Crippen molar-refractivity contribution >= 4 is 29.1 Å². The lowest BCUT2D eigenvalue weighted by Gasteiger charge is -2.23. The Morgan fingerprint density at radius 3 is 2.23 bits per heavy atom. The topological polar surface area (TPSA) is 37.4 Å². The van der Waals surface area contributed by atoms with E-state index in [1.54, 1.807) is 12.1 Å². The molecule has 0 radical (unpaired) electrons. The van der Waals surface area contributed by atoms with Crippen LogP contribution in [0.1, 0.15) is 18.4 Å². The van der Waals surface area contributed by atoms with Gasteiger partial charge in [-0.1, -0.05) is 29.8 Å². The lowest BCUT2D eigenvalue weighted by atomic mass is 9.85. The van der Waals surface area contributed by atoms with Crippen LogP contribution in [0.15, 0.2) is 30.4 Å². The van der Waals surface area contributed by atoms with Gasteiger partial charge in [-0.2, -0.15) is 0 Å². The van der Waals surface area contributed by atoms with Crippen LogP contribution in [-0.4, -0.2) is 11.8 Å². The van der Waals surface area contributed by atoms with Crippen LogP contribution in [0.2, 0.25) is 5.02 Å². The fraction of sp³-hybridized carbons (Fsp3) is 0.444. The molecular weight excluding hydrogens is 298 g/mol. The largest absolute Gasteiger partial charge is 0.274 e. The first-order valence-electron chi connectivity index (χ1n) is 7.87. The molecule has 0 aromatic heterocycles. The lowest BCUT2D eigenvalue weighted by molar-refractivity contribution is -0.123. The van der Waals surface area contributed by atoms with Gasteiger partial charge < -0.3 is 0 Å². The summed E-state index contributed by atoms with van der Waals surface area (Å²) in [6, 6.07) is 5.38. The van der Waals surface area contributed by atoms with Crippen LogP contribution in [0.4, 0.5) is 5.69 Å². The van der Waals surface area contributed by atoms with E-state index < -0.39 is 0 Å². The fourth-order valence-electron chi connectivity index (χ4n) is 5.14. The number of hydrogen-bond donors (Lipinski definition) is 0. The van der Waals surface area contributed by atoms with Gasteiger partial charge in [-0.25, -0.2) is 4.90 Å². The van der Waals surface area contributed by atoms with Crippen LogP contribution in [0.25, 0.3) is 0 Å². The van der Waals surface area contributed by atoms with E-state index in [1.807, 2.05) is 13.0 Å². The molecule has 112 valence electrons. The van der Waals surface area contributed by atoms with Crippen molar-refractivity contribution in [3.05, 3.63) is 40.9 Å². The van der Waals surface area contributed by atoms with Gasteiger partial charge in [0.05, 0.1) is 17.5 Å². The molecule has 4 atom stereocenters. The number of anilines is 1. The Bertz CT molecular complexity index is 730. The maximum absolute atomic E-state index is 13.0. The van der Waals surface area contributed by atoms with Gasteiger partial charge in [0.1, 0.15) is 0 Å². The number of rotatable bonds is 1. The Hall–Kier alpha value is -1.61. The zero-order valence-corrected chi connectivity index (χ0v) is 13.0. The van der Waals surface area contributed by atoms with E-state index in [1.165, 1.54) is 17.7 Å². The number of aryl methyl sites for hydroxylation is 1. The smallest absolute Gasteiger partial charge is 0.238 e. The third-order valence-electron chi connectivity index (χ3n) is 6.26. The summed E-state index contributed by atoms with van der Waals surface area (Å²) in [5.41, 5.74) is 1.81. The number of nitrogens with zero attached hydrogens (tertiary/aromatic N) is 1. The van der Waals surface area contributed by atoms with Gasteiger partial charge in [0, 0.05) is 5.02 Å². The van der Waals surface area contributed by atoms with Crippen molar-refractivity contribution in [2.24, 2.45) is 29.1 Å². The van der Waals surface area contributed by atoms with Gasteiger partial charge in [-0.05, 0) is 54.7 Å². The maximum Gasteiger partial charge on any atom is 0.238 e. The minimum atomic E-state index is -0.150. The Labute approximate surface area is 133 Å². The third-order valence-corrected chi connectivity index (χ3v) is 6.50. The highest BCUT2D eigenvalue weighted by atomic mass is 35.5. The first-order valence-corrected chi connectivity index (χ1v) is 8.25. The van der Waals surface area contributed by atoms with Crippen LogP contribution >= 0.6 is 11.6 Å². The third kappa shape index (κ3) is 1.30. The van der Waals surface area contributed by atoms with Crippen molar-refractivity contribution in [3.63, 3.8) is 0 Å². The normalized spacial score (nSPS) is 36.5. The average Bonchev–Trinajstić information content (AvgIpc) is 3.08. The van der Waals surface area contributed by atoms with Crippen molar-refractivity contribution < 1.29 is 9.59 Å². The van der Waals surface area contributed by atoms with E-state index in [0.717, 1.165) is 5.56 Å². The van der Waals surface area contributed by atoms with Crippen molar-refractivity contribution in [3.8, 4) is 0 Å².